The van der Waals surface area contributed by atoms with Crippen LogP contribution in [0.5, 0.6) is 0 Å². The third kappa shape index (κ3) is 1.70. The van der Waals surface area contributed by atoms with Crippen molar-refractivity contribution in [1.29, 1.82) is 0 Å². The first-order valence-corrected chi connectivity index (χ1v) is 5.64. The maximum absolute atomic E-state index is 9.48. The summed E-state index contributed by atoms with van der Waals surface area (Å²) in [7, 11) is 0. The van der Waals surface area contributed by atoms with Gasteiger partial charge in [0.05, 0.1) is 18.0 Å². The van der Waals surface area contributed by atoms with Gasteiger partial charge in [-0.05, 0) is 18.6 Å². The van der Waals surface area contributed by atoms with Crippen LogP contribution in [0.15, 0.2) is 30.6 Å². The van der Waals surface area contributed by atoms with Gasteiger partial charge in [0.2, 0.25) is 0 Å². The summed E-state index contributed by atoms with van der Waals surface area (Å²) in [5, 5.41) is 9.48. The van der Waals surface area contributed by atoms with Gasteiger partial charge in [0.25, 0.3) is 0 Å². The summed E-state index contributed by atoms with van der Waals surface area (Å²) in [6.45, 7) is 2.61. The monoisotopic (exact) mass is 217 g/mol. The first-order chi connectivity index (χ1) is 7.83. The van der Waals surface area contributed by atoms with E-state index >= 15 is 0 Å². The smallest absolute Gasteiger partial charge is 0.136 e. The number of aliphatic hydroxyl groups excluding tert-OH is 1. The first-order valence-electron chi connectivity index (χ1n) is 5.64. The molecule has 0 amide bonds. The molecular formula is C12H15N3O. The minimum absolute atomic E-state index is 0.154. The second-order valence-electron chi connectivity index (χ2n) is 4.36. The number of aromatic nitrogens is 2. The van der Waals surface area contributed by atoms with Crippen LogP contribution in [0.4, 0.5) is 0 Å². The molecule has 0 saturated carbocycles. The molecule has 1 aliphatic heterocycles. The van der Waals surface area contributed by atoms with Crippen LogP contribution in [0.1, 0.15) is 12.1 Å². The van der Waals surface area contributed by atoms with E-state index in [0.29, 0.717) is 0 Å². The maximum Gasteiger partial charge on any atom is 0.136 e. The zero-order valence-corrected chi connectivity index (χ0v) is 9.08. The summed E-state index contributed by atoms with van der Waals surface area (Å²) in [5.74, 6) is 0. The van der Waals surface area contributed by atoms with Crippen molar-refractivity contribution in [1.82, 2.24) is 14.3 Å². The van der Waals surface area contributed by atoms with Crippen molar-refractivity contribution in [3.63, 3.8) is 0 Å². The second kappa shape index (κ2) is 3.88. The van der Waals surface area contributed by atoms with Crippen LogP contribution in [-0.2, 0) is 6.54 Å². The molecule has 0 aliphatic carbocycles. The van der Waals surface area contributed by atoms with Crippen molar-refractivity contribution in [2.24, 2.45) is 0 Å². The van der Waals surface area contributed by atoms with Gasteiger partial charge in [0.15, 0.2) is 0 Å². The molecule has 0 bridgehead atoms. The molecule has 1 aliphatic rings. The molecule has 1 saturated heterocycles. The highest BCUT2D eigenvalue weighted by Crippen LogP contribution is 2.14. The maximum atomic E-state index is 9.48. The van der Waals surface area contributed by atoms with Crippen molar-refractivity contribution in [2.75, 3.05) is 13.1 Å². The van der Waals surface area contributed by atoms with E-state index < -0.39 is 0 Å². The Morgan fingerprint density at radius 2 is 2.38 bits per heavy atom. The van der Waals surface area contributed by atoms with Gasteiger partial charge in [-0.25, -0.2) is 4.98 Å². The summed E-state index contributed by atoms with van der Waals surface area (Å²) in [5.41, 5.74) is 2.17. The third-order valence-electron chi connectivity index (χ3n) is 3.13. The van der Waals surface area contributed by atoms with E-state index in [2.05, 4.69) is 14.3 Å². The lowest BCUT2D eigenvalue weighted by Gasteiger charge is -2.14. The van der Waals surface area contributed by atoms with Crippen molar-refractivity contribution < 1.29 is 5.11 Å². The Labute approximate surface area is 94.1 Å². The Bertz CT molecular complexity index is 494. The molecule has 84 valence electrons. The van der Waals surface area contributed by atoms with Crippen LogP contribution in [0.25, 0.3) is 5.65 Å². The van der Waals surface area contributed by atoms with Gasteiger partial charge in [-0.2, -0.15) is 0 Å². The molecule has 1 atom stereocenters. The molecule has 1 fully saturated rings. The SMILES string of the molecule is O[C@H]1CCN(Cc2cnc3ccccn23)C1. The summed E-state index contributed by atoms with van der Waals surface area (Å²) in [6, 6.07) is 6.01. The number of β-amino-alcohol motifs (C(OH)–C–C–N with tert-alkyl or cyclic N) is 1. The Balaban J connectivity index is 1.84. The molecule has 3 heterocycles. The number of nitrogens with zero attached hydrogens (tertiary/aromatic N) is 3. The minimum atomic E-state index is -0.154. The number of likely N-dealkylation sites (tertiary alicyclic amines) is 1. The van der Waals surface area contributed by atoms with E-state index in [1.165, 1.54) is 5.69 Å². The fourth-order valence-corrected chi connectivity index (χ4v) is 2.29. The van der Waals surface area contributed by atoms with Crippen LogP contribution in [0, 0.1) is 0 Å². The fraction of sp³-hybridized carbons (Fsp3) is 0.417. The lowest BCUT2D eigenvalue weighted by atomic mass is 10.3. The van der Waals surface area contributed by atoms with E-state index in [1.54, 1.807) is 0 Å². The Hall–Kier alpha value is -1.39. The molecule has 2 aromatic rings. The summed E-state index contributed by atoms with van der Waals surface area (Å²) in [6.07, 6.45) is 4.68. The van der Waals surface area contributed by atoms with E-state index in [9.17, 15) is 5.11 Å². The zero-order chi connectivity index (χ0) is 11.0. The molecule has 2 aromatic heterocycles. The topological polar surface area (TPSA) is 40.8 Å². The first kappa shape index (κ1) is 9.81. The van der Waals surface area contributed by atoms with Gasteiger partial charge in [0.1, 0.15) is 5.65 Å². The molecule has 1 N–H and O–H groups in total. The highest BCUT2D eigenvalue weighted by Gasteiger charge is 2.20. The quantitative estimate of drug-likeness (QED) is 0.812. The Morgan fingerprint density at radius 1 is 1.44 bits per heavy atom. The number of aliphatic hydroxyl groups is 1. The largest absolute Gasteiger partial charge is 0.392 e. The number of hydrogen-bond acceptors (Lipinski definition) is 3. The van der Waals surface area contributed by atoms with E-state index in [0.717, 1.165) is 31.7 Å². The average Bonchev–Trinajstić information content (AvgIpc) is 2.87. The molecule has 4 heteroatoms. The van der Waals surface area contributed by atoms with Crippen LogP contribution in [-0.4, -0.2) is 38.6 Å². The second-order valence-corrected chi connectivity index (χ2v) is 4.36. The summed E-state index contributed by atoms with van der Waals surface area (Å²) in [4.78, 5) is 6.62. The molecule has 0 aromatic carbocycles. The Morgan fingerprint density at radius 3 is 3.19 bits per heavy atom. The number of rotatable bonds is 2. The lowest BCUT2D eigenvalue weighted by Crippen LogP contribution is -2.22. The lowest BCUT2D eigenvalue weighted by molar-refractivity contribution is 0.174. The molecule has 16 heavy (non-hydrogen) atoms. The highest BCUT2D eigenvalue weighted by molar-refractivity contribution is 5.39. The van der Waals surface area contributed by atoms with Crippen LogP contribution >= 0.6 is 0 Å². The van der Waals surface area contributed by atoms with E-state index in [4.69, 9.17) is 0 Å². The van der Waals surface area contributed by atoms with E-state index in [1.807, 2.05) is 30.6 Å². The number of pyridine rings is 1. The molecule has 3 rings (SSSR count). The zero-order valence-electron chi connectivity index (χ0n) is 9.08. The molecular weight excluding hydrogens is 202 g/mol. The van der Waals surface area contributed by atoms with Crippen LogP contribution < -0.4 is 0 Å². The summed E-state index contributed by atoms with van der Waals surface area (Å²) >= 11 is 0. The Kier molecular flexibility index (Phi) is 2.38. The van der Waals surface area contributed by atoms with Gasteiger partial charge in [0, 0.05) is 25.8 Å². The van der Waals surface area contributed by atoms with Crippen LogP contribution in [0.3, 0.4) is 0 Å². The average molecular weight is 217 g/mol. The highest BCUT2D eigenvalue weighted by atomic mass is 16.3. The van der Waals surface area contributed by atoms with Gasteiger partial charge < -0.3 is 9.51 Å². The van der Waals surface area contributed by atoms with Crippen molar-refractivity contribution in [3.8, 4) is 0 Å². The molecule has 0 unspecified atom stereocenters. The number of imidazole rings is 1. The predicted molar refractivity (Wildman–Crippen MR) is 61.1 cm³/mol. The molecule has 0 radical (unpaired) electrons. The molecule has 4 nitrogen and oxygen atoms in total. The fourth-order valence-electron chi connectivity index (χ4n) is 2.29. The normalized spacial score (nSPS) is 21.9. The summed E-state index contributed by atoms with van der Waals surface area (Å²) < 4.78 is 2.10. The minimum Gasteiger partial charge on any atom is -0.392 e. The number of fused-ring (bicyclic) bond motifs is 1. The van der Waals surface area contributed by atoms with Crippen molar-refractivity contribution in [2.45, 2.75) is 19.1 Å². The van der Waals surface area contributed by atoms with Crippen LogP contribution in [0.2, 0.25) is 0 Å². The third-order valence-corrected chi connectivity index (χ3v) is 3.13. The van der Waals surface area contributed by atoms with E-state index in [-0.39, 0.29) is 6.10 Å². The van der Waals surface area contributed by atoms with Gasteiger partial charge in [-0.3, -0.25) is 4.90 Å². The van der Waals surface area contributed by atoms with Gasteiger partial charge in [-0.15, -0.1) is 0 Å². The predicted octanol–water partition coefficient (Wildman–Crippen LogP) is 0.901. The molecule has 0 spiro atoms. The van der Waals surface area contributed by atoms with Crippen molar-refractivity contribution in [3.05, 3.63) is 36.3 Å². The van der Waals surface area contributed by atoms with Gasteiger partial charge in [-0.1, -0.05) is 6.07 Å². The van der Waals surface area contributed by atoms with Crippen molar-refractivity contribution >= 4 is 5.65 Å². The number of hydrogen-bond donors (Lipinski definition) is 1. The standard InChI is InChI=1S/C12H15N3O/c16-11-4-6-14(9-11)8-10-7-13-12-3-1-2-5-15(10)12/h1-3,5,7,11,16H,4,6,8-9H2/t11-/m0/s1. The van der Waals surface area contributed by atoms with Gasteiger partial charge >= 0.3 is 0 Å².